The number of aromatic nitrogens is 5. The molecule has 68 heavy (non-hydrogen) atoms. The average Bonchev–Trinajstić information content (AvgIpc) is 4.22. The number of ether oxygens (including phenoxy) is 4. The number of nitrogens with one attached hydrogen (secondary N) is 3. The SMILES string of the molecule is C#CC(c1ncc(-c2ccc3c(c2)cc2n3[C@H](/C(C=C)=C/C=C)Oc3cc(-c4cnc([C@@H]5CCCN5C(=O)CC5CCOCC5)[nH]4)ccc3-2)[nH]1)N(CCC)C(=O)[C@@H](NC(=O)OC)C1CCOCC1. The molecule has 2 aromatic carbocycles. The van der Waals surface area contributed by atoms with E-state index in [9.17, 15) is 14.4 Å². The lowest BCUT2D eigenvalue weighted by atomic mass is 9.90. The zero-order valence-corrected chi connectivity index (χ0v) is 38.9. The molecule has 15 nitrogen and oxygen atoms in total. The summed E-state index contributed by atoms with van der Waals surface area (Å²) in [5.41, 5.74) is 7.03. The Hall–Kier alpha value is -6.89. The summed E-state index contributed by atoms with van der Waals surface area (Å²) in [6.45, 7) is 13.6. The highest BCUT2D eigenvalue weighted by molar-refractivity contribution is 5.93. The van der Waals surface area contributed by atoms with E-state index >= 15 is 0 Å². The van der Waals surface area contributed by atoms with Crippen molar-refractivity contribution in [3.8, 4) is 51.9 Å². The summed E-state index contributed by atoms with van der Waals surface area (Å²) in [7, 11) is 1.28. The smallest absolute Gasteiger partial charge is 0.407 e. The summed E-state index contributed by atoms with van der Waals surface area (Å²) in [5.74, 6) is 4.88. The summed E-state index contributed by atoms with van der Waals surface area (Å²) >= 11 is 0. The van der Waals surface area contributed by atoms with Gasteiger partial charge < -0.3 is 48.6 Å². The third-order valence-corrected chi connectivity index (χ3v) is 13.8. The van der Waals surface area contributed by atoms with Gasteiger partial charge in [0.1, 0.15) is 23.4 Å². The number of aromatic amines is 2. The maximum absolute atomic E-state index is 14.4. The first-order chi connectivity index (χ1) is 33.2. The van der Waals surface area contributed by atoms with E-state index in [0.29, 0.717) is 62.9 Å². The zero-order valence-electron chi connectivity index (χ0n) is 38.9. The summed E-state index contributed by atoms with van der Waals surface area (Å²) in [6.07, 6.45) is 20.1. The highest BCUT2D eigenvalue weighted by Gasteiger charge is 2.38. The molecule has 1 unspecified atom stereocenters. The molecule has 3 fully saturated rings. The molecule has 9 rings (SSSR count). The Kier molecular flexibility index (Phi) is 14.0. The lowest BCUT2D eigenvalue weighted by Gasteiger charge is -2.35. The fourth-order valence-corrected chi connectivity index (χ4v) is 10.3. The number of imidazole rings is 2. The van der Waals surface area contributed by atoms with Crippen molar-refractivity contribution in [3.05, 3.63) is 103 Å². The van der Waals surface area contributed by atoms with E-state index in [1.54, 1.807) is 23.2 Å². The van der Waals surface area contributed by atoms with E-state index in [-0.39, 0.29) is 23.8 Å². The van der Waals surface area contributed by atoms with Crippen LogP contribution in [0.25, 0.3) is 44.7 Å². The van der Waals surface area contributed by atoms with E-state index in [1.165, 1.54) is 7.11 Å². The van der Waals surface area contributed by atoms with Gasteiger partial charge in [0.15, 0.2) is 6.04 Å². The fourth-order valence-electron chi connectivity index (χ4n) is 10.3. The summed E-state index contributed by atoms with van der Waals surface area (Å²) < 4.78 is 25.1. The van der Waals surface area contributed by atoms with Gasteiger partial charge in [-0.25, -0.2) is 14.8 Å². The second-order valence-corrected chi connectivity index (χ2v) is 18.0. The van der Waals surface area contributed by atoms with Gasteiger partial charge in [0.05, 0.1) is 48.1 Å². The van der Waals surface area contributed by atoms with Crippen LogP contribution in [0.4, 0.5) is 4.79 Å². The second kappa shape index (κ2) is 20.5. The van der Waals surface area contributed by atoms with Crippen LogP contribution in [0.15, 0.2) is 91.8 Å². The first-order valence-corrected chi connectivity index (χ1v) is 23.8. The van der Waals surface area contributed by atoms with Gasteiger partial charge in [0, 0.05) is 73.6 Å². The molecule has 0 spiro atoms. The van der Waals surface area contributed by atoms with Crippen LogP contribution in [-0.4, -0.2) is 105 Å². The summed E-state index contributed by atoms with van der Waals surface area (Å²) in [5, 5.41) is 3.76. The molecule has 0 saturated carbocycles. The molecule has 4 aliphatic heterocycles. The number of hydrogen-bond acceptors (Lipinski definition) is 9. The Morgan fingerprint density at radius 2 is 1.72 bits per heavy atom. The highest BCUT2D eigenvalue weighted by atomic mass is 16.5. The van der Waals surface area contributed by atoms with Gasteiger partial charge in [0.2, 0.25) is 18.0 Å². The number of rotatable bonds is 15. The van der Waals surface area contributed by atoms with Crippen LogP contribution >= 0.6 is 0 Å². The minimum Gasteiger partial charge on any atom is -0.465 e. The molecule has 0 bridgehead atoms. The first-order valence-electron chi connectivity index (χ1n) is 23.8. The predicted octanol–water partition coefficient (Wildman–Crippen LogP) is 8.82. The third kappa shape index (κ3) is 9.22. The Labute approximate surface area is 397 Å². The lowest BCUT2D eigenvalue weighted by molar-refractivity contribution is -0.137. The minimum absolute atomic E-state index is 0.0852. The minimum atomic E-state index is -0.837. The standard InChI is InChI=1S/C53H60N8O7/c1-6-11-34(8-3)52-61-43-16-14-36(40-31-54-49(56-40)42(9-4)60(21-7-2)51(63)48(58-53(64)65-5)35-19-25-67-26-20-35)28-38(43)29-45(61)39-15-13-37(30-46(39)68-52)41-32-55-50(57-41)44-12-10-22-59(44)47(62)27-33-17-23-66-24-18-33/h4,6,8,11,13-16,28-33,35,42,44,48,52H,1,3,7,10,12,17-27H2,2,5H3,(H,54,56)(H,55,57)(H,58,64)/b34-11+/t42?,44-,48-,52-/m0/s1. The van der Waals surface area contributed by atoms with Crippen LogP contribution < -0.4 is 10.1 Å². The number of fused-ring (bicyclic) bond motifs is 5. The van der Waals surface area contributed by atoms with Crippen molar-refractivity contribution < 1.29 is 33.3 Å². The maximum atomic E-state index is 14.4. The third-order valence-electron chi connectivity index (χ3n) is 13.8. The van der Waals surface area contributed by atoms with Crippen molar-refractivity contribution >= 4 is 28.8 Å². The molecule has 7 heterocycles. The van der Waals surface area contributed by atoms with Crippen molar-refractivity contribution in [2.75, 3.05) is 46.6 Å². The molecular formula is C53H60N8O7. The molecule has 3 saturated heterocycles. The van der Waals surface area contributed by atoms with Crippen molar-refractivity contribution in [1.29, 1.82) is 0 Å². The second-order valence-electron chi connectivity index (χ2n) is 18.0. The molecule has 3 N–H and O–H groups in total. The van der Waals surface area contributed by atoms with Crippen molar-refractivity contribution in [2.45, 2.75) is 82.6 Å². The lowest BCUT2D eigenvalue weighted by Crippen LogP contribution is -2.54. The zero-order chi connectivity index (χ0) is 47.3. The molecule has 15 heteroatoms. The van der Waals surface area contributed by atoms with Crippen molar-refractivity contribution in [2.24, 2.45) is 11.8 Å². The van der Waals surface area contributed by atoms with Gasteiger partial charge in [-0.3, -0.25) is 9.59 Å². The summed E-state index contributed by atoms with van der Waals surface area (Å²) in [6, 6.07) is 12.8. The number of alkyl carbamates (subject to hydrolysis) is 1. The highest BCUT2D eigenvalue weighted by Crippen LogP contribution is 2.46. The quantitative estimate of drug-likeness (QED) is 0.0687. The number of methoxy groups -OCH3 is 1. The van der Waals surface area contributed by atoms with Crippen LogP contribution in [0.1, 0.15) is 88.3 Å². The summed E-state index contributed by atoms with van der Waals surface area (Å²) in [4.78, 5) is 60.5. The Morgan fingerprint density at radius 1 is 0.985 bits per heavy atom. The van der Waals surface area contributed by atoms with Gasteiger partial charge in [-0.1, -0.05) is 56.4 Å². The number of H-pyrrole nitrogens is 2. The molecule has 3 amide bonds. The molecule has 354 valence electrons. The van der Waals surface area contributed by atoms with E-state index in [2.05, 4.69) is 69.3 Å². The number of carbonyl (C=O) groups excluding carboxylic acids is 3. The van der Waals surface area contributed by atoms with E-state index in [4.69, 9.17) is 35.3 Å². The molecule has 3 aromatic heterocycles. The number of likely N-dealkylation sites (tertiary alicyclic amines) is 1. The maximum Gasteiger partial charge on any atom is 0.407 e. The average molecular weight is 921 g/mol. The number of benzene rings is 2. The first kappa shape index (κ1) is 46.2. The normalized spacial score (nSPS) is 19.5. The molecule has 4 atom stereocenters. The van der Waals surface area contributed by atoms with Gasteiger partial charge >= 0.3 is 6.09 Å². The molecular weight excluding hydrogens is 861 g/mol. The molecule has 4 aliphatic rings. The number of allylic oxidation sites excluding steroid dienone is 2. The molecule has 0 radical (unpaired) electrons. The monoisotopic (exact) mass is 920 g/mol. The van der Waals surface area contributed by atoms with E-state index in [1.807, 2.05) is 36.2 Å². The van der Waals surface area contributed by atoms with E-state index in [0.717, 1.165) is 102 Å². The van der Waals surface area contributed by atoms with Crippen molar-refractivity contribution in [3.63, 3.8) is 0 Å². The largest absolute Gasteiger partial charge is 0.465 e. The van der Waals surface area contributed by atoms with Crippen LogP contribution in [0.3, 0.4) is 0 Å². The predicted molar refractivity (Wildman–Crippen MR) is 259 cm³/mol. The van der Waals surface area contributed by atoms with Crippen LogP contribution in [0.5, 0.6) is 5.75 Å². The fraction of sp³-hybridized carbons (Fsp3) is 0.415. The van der Waals surface area contributed by atoms with Crippen LogP contribution in [0, 0.1) is 24.2 Å². The molecule has 0 aliphatic carbocycles. The Bertz CT molecular complexity index is 2750. The number of carbonyl (C=O) groups is 3. The van der Waals surface area contributed by atoms with Gasteiger partial charge in [0.25, 0.3) is 0 Å². The molecule has 5 aromatic rings. The Balaban J connectivity index is 0.998. The topological polar surface area (TPSA) is 169 Å². The van der Waals surface area contributed by atoms with Gasteiger partial charge in [-0.05, 0) is 87.1 Å². The number of nitrogens with zero attached hydrogens (tertiary/aromatic N) is 5. The van der Waals surface area contributed by atoms with E-state index < -0.39 is 24.4 Å². The number of hydrogen-bond donors (Lipinski definition) is 3. The number of terminal acetylenes is 1. The van der Waals surface area contributed by atoms with Gasteiger partial charge in [-0.15, -0.1) is 6.42 Å². The van der Waals surface area contributed by atoms with Gasteiger partial charge in [-0.2, -0.15) is 0 Å². The Morgan fingerprint density at radius 3 is 2.46 bits per heavy atom. The van der Waals surface area contributed by atoms with Crippen molar-refractivity contribution in [1.82, 2.24) is 39.6 Å². The van der Waals surface area contributed by atoms with Crippen LogP contribution in [-0.2, 0) is 23.8 Å². The number of amides is 3. The van der Waals surface area contributed by atoms with Crippen LogP contribution in [0.2, 0.25) is 0 Å².